The summed E-state index contributed by atoms with van der Waals surface area (Å²) in [6.45, 7) is 0. The van der Waals surface area contributed by atoms with E-state index in [-0.39, 0.29) is 5.91 Å². The zero-order valence-electron chi connectivity index (χ0n) is 16.5. The van der Waals surface area contributed by atoms with E-state index >= 15 is 0 Å². The highest BCUT2D eigenvalue weighted by Crippen LogP contribution is 2.34. The minimum atomic E-state index is -0.0347. The molecule has 0 atom stereocenters. The van der Waals surface area contributed by atoms with E-state index in [1.807, 2.05) is 42.5 Å². The molecule has 29 heavy (non-hydrogen) atoms. The van der Waals surface area contributed by atoms with Crippen molar-refractivity contribution in [2.45, 2.75) is 12.8 Å². The summed E-state index contributed by atoms with van der Waals surface area (Å²) >= 11 is 1.40. The number of amidine groups is 1. The number of rotatable bonds is 4. The molecule has 1 aliphatic carbocycles. The molecule has 5 heteroatoms. The number of benzene rings is 2. The van der Waals surface area contributed by atoms with Crippen LogP contribution in [-0.4, -0.2) is 30.1 Å². The first-order chi connectivity index (χ1) is 14.1. The van der Waals surface area contributed by atoms with E-state index in [1.54, 1.807) is 19.1 Å². The van der Waals surface area contributed by atoms with Crippen LogP contribution in [-0.2, 0) is 4.79 Å². The quantitative estimate of drug-likeness (QED) is 0.620. The molecule has 0 radical (unpaired) electrons. The van der Waals surface area contributed by atoms with E-state index in [0.29, 0.717) is 10.1 Å². The van der Waals surface area contributed by atoms with Crippen molar-refractivity contribution in [3.8, 4) is 5.75 Å². The predicted molar refractivity (Wildman–Crippen MR) is 121 cm³/mol. The Hall–Kier alpha value is -3.05. The van der Waals surface area contributed by atoms with Crippen molar-refractivity contribution in [1.82, 2.24) is 4.90 Å². The highest BCUT2D eigenvalue weighted by molar-refractivity contribution is 8.18. The summed E-state index contributed by atoms with van der Waals surface area (Å²) in [5.41, 5.74) is 4.35. The molecule has 146 valence electrons. The SMILES string of the molecule is COc1ccc(N=C2S/C(=C\c3cccc(C4=CC=CCC4)c3)C(=O)N2C)cc1. The average molecular weight is 403 g/mol. The first kappa shape index (κ1) is 19.3. The summed E-state index contributed by atoms with van der Waals surface area (Å²) in [7, 11) is 3.39. The summed E-state index contributed by atoms with van der Waals surface area (Å²) in [6.07, 6.45) is 10.5. The van der Waals surface area contributed by atoms with Crippen LogP contribution < -0.4 is 4.74 Å². The van der Waals surface area contributed by atoms with Crippen molar-refractivity contribution in [3.05, 3.63) is 82.8 Å². The predicted octanol–water partition coefficient (Wildman–Crippen LogP) is 5.66. The molecule has 4 rings (SSSR count). The molecule has 2 aromatic rings. The van der Waals surface area contributed by atoms with E-state index in [4.69, 9.17) is 4.74 Å². The summed E-state index contributed by atoms with van der Waals surface area (Å²) in [4.78, 5) is 19.6. The zero-order valence-corrected chi connectivity index (χ0v) is 17.3. The number of amides is 1. The van der Waals surface area contributed by atoms with Crippen LogP contribution in [0.4, 0.5) is 5.69 Å². The highest BCUT2D eigenvalue weighted by Gasteiger charge is 2.30. The number of thioether (sulfide) groups is 1. The molecular weight excluding hydrogens is 380 g/mol. The summed E-state index contributed by atoms with van der Waals surface area (Å²) in [5.74, 6) is 0.744. The third-order valence-corrected chi connectivity index (χ3v) is 5.93. The largest absolute Gasteiger partial charge is 0.497 e. The van der Waals surface area contributed by atoms with Crippen molar-refractivity contribution in [2.75, 3.05) is 14.2 Å². The molecule has 0 bridgehead atoms. The Balaban J connectivity index is 1.58. The van der Waals surface area contributed by atoms with Gasteiger partial charge in [0.15, 0.2) is 5.17 Å². The van der Waals surface area contributed by atoms with Crippen LogP contribution in [0.2, 0.25) is 0 Å². The minimum Gasteiger partial charge on any atom is -0.497 e. The van der Waals surface area contributed by atoms with Crippen LogP contribution >= 0.6 is 11.8 Å². The van der Waals surface area contributed by atoms with Gasteiger partial charge < -0.3 is 4.74 Å². The second kappa shape index (κ2) is 8.53. The Morgan fingerprint density at radius 3 is 2.72 bits per heavy atom. The number of allylic oxidation sites excluding steroid dienone is 4. The molecule has 0 aromatic heterocycles. The monoisotopic (exact) mass is 402 g/mol. The number of carbonyl (C=O) groups is 1. The Bertz CT molecular complexity index is 1050. The van der Waals surface area contributed by atoms with Crippen LogP contribution in [0, 0.1) is 0 Å². The number of nitrogens with zero attached hydrogens (tertiary/aromatic N) is 2. The van der Waals surface area contributed by atoms with Gasteiger partial charge in [0.2, 0.25) is 0 Å². The topological polar surface area (TPSA) is 41.9 Å². The van der Waals surface area contributed by atoms with Gasteiger partial charge in [-0.2, -0.15) is 0 Å². The van der Waals surface area contributed by atoms with Gasteiger partial charge in [0.1, 0.15) is 5.75 Å². The zero-order chi connectivity index (χ0) is 20.2. The average Bonchev–Trinajstić information content (AvgIpc) is 3.03. The lowest BCUT2D eigenvalue weighted by Crippen LogP contribution is -2.23. The molecule has 0 spiro atoms. The molecule has 1 fully saturated rings. The van der Waals surface area contributed by atoms with Gasteiger partial charge in [0.25, 0.3) is 5.91 Å². The van der Waals surface area contributed by atoms with Crippen molar-refractivity contribution in [1.29, 1.82) is 0 Å². The summed E-state index contributed by atoms with van der Waals surface area (Å²) in [5, 5.41) is 0.669. The van der Waals surface area contributed by atoms with E-state index < -0.39 is 0 Å². The van der Waals surface area contributed by atoms with E-state index in [9.17, 15) is 4.79 Å². The molecule has 0 N–H and O–H groups in total. The molecular formula is C24H22N2O2S. The second-order valence-corrected chi connectivity index (χ2v) is 7.86. The third-order valence-electron chi connectivity index (χ3n) is 4.87. The maximum Gasteiger partial charge on any atom is 0.266 e. The van der Waals surface area contributed by atoms with E-state index in [2.05, 4.69) is 35.4 Å². The lowest BCUT2D eigenvalue weighted by atomic mass is 9.96. The fraction of sp³-hybridized carbons (Fsp3) is 0.167. The van der Waals surface area contributed by atoms with Crippen LogP contribution in [0.3, 0.4) is 0 Å². The maximum atomic E-state index is 12.7. The number of likely N-dealkylation sites (N-methyl/N-ethyl adjacent to an activating group) is 1. The lowest BCUT2D eigenvalue weighted by Gasteiger charge is -2.10. The maximum absolute atomic E-state index is 12.7. The van der Waals surface area contributed by atoms with Crippen molar-refractivity contribution < 1.29 is 9.53 Å². The van der Waals surface area contributed by atoms with Gasteiger partial charge in [-0.1, -0.05) is 36.4 Å². The Labute approximate surface area is 175 Å². The minimum absolute atomic E-state index is 0.0347. The summed E-state index contributed by atoms with van der Waals surface area (Å²) in [6, 6.07) is 15.8. The van der Waals surface area contributed by atoms with Gasteiger partial charge in [-0.05, 0) is 77.7 Å². The first-order valence-electron chi connectivity index (χ1n) is 9.50. The normalized spacial score (nSPS) is 19.2. The molecule has 4 nitrogen and oxygen atoms in total. The number of hydrogen-bond acceptors (Lipinski definition) is 4. The molecule has 1 aliphatic heterocycles. The molecule has 0 unspecified atom stereocenters. The molecule has 2 aromatic carbocycles. The van der Waals surface area contributed by atoms with Crippen LogP contribution in [0.25, 0.3) is 11.6 Å². The number of carbonyl (C=O) groups excluding carboxylic acids is 1. The van der Waals surface area contributed by atoms with Crippen molar-refractivity contribution in [2.24, 2.45) is 4.99 Å². The lowest BCUT2D eigenvalue weighted by molar-refractivity contribution is -0.121. The van der Waals surface area contributed by atoms with Gasteiger partial charge in [-0.3, -0.25) is 9.69 Å². The Kier molecular flexibility index (Phi) is 5.67. The van der Waals surface area contributed by atoms with Crippen LogP contribution in [0.5, 0.6) is 5.75 Å². The van der Waals surface area contributed by atoms with Crippen molar-refractivity contribution >= 4 is 40.2 Å². The molecule has 1 saturated heterocycles. The van der Waals surface area contributed by atoms with Gasteiger partial charge in [-0.25, -0.2) is 4.99 Å². The molecule has 2 aliphatic rings. The fourth-order valence-electron chi connectivity index (χ4n) is 3.24. The first-order valence-corrected chi connectivity index (χ1v) is 10.3. The number of ether oxygens (including phenoxy) is 1. The molecule has 0 saturated carbocycles. The highest BCUT2D eigenvalue weighted by atomic mass is 32.2. The standard InChI is InChI=1S/C24H22N2O2S/c1-26-23(27)22(29-24(26)25-20-11-13-21(28-2)14-12-20)16-17-7-6-10-19(15-17)18-8-4-3-5-9-18/h3-4,6-8,10-16H,5,9H2,1-2H3/b22-16-,25-24?. The van der Waals surface area contributed by atoms with Crippen molar-refractivity contribution in [3.63, 3.8) is 0 Å². The second-order valence-electron chi connectivity index (χ2n) is 6.85. The van der Waals surface area contributed by atoms with Gasteiger partial charge in [-0.15, -0.1) is 0 Å². The van der Waals surface area contributed by atoms with E-state index in [0.717, 1.165) is 29.8 Å². The van der Waals surface area contributed by atoms with Crippen LogP contribution in [0.1, 0.15) is 24.0 Å². The van der Waals surface area contributed by atoms with Crippen LogP contribution in [0.15, 0.2) is 76.7 Å². The van der Waals surface area contributed by atoms with E-state index in [1.165, 1.54) is 22.9 Å². The fourth-order valence-corrected chi connectivity index (χ4v) is 4.23. The smallest absolute Gasteiger partial charge is 0.266 e. The summed E-state index contributed by atoms with van der Waals surface area (Å²) < 4.78 is 5.18. The molecule has 1 heterocycles. The number of methoxy groups -OCH3 is 1. The Morgan fingerprint density at radius 2 is 2.00 bits per heavy atom. The number of hydrogen-bond donors (Lipinski definition) is 0. The van der Waals surface area contributed by atoms with Gasteiger partial charge in [0, 0.05) is 7.05 Å². The van der Waals surface area contributed by atoms with Gasteiger partial charge in [0.05, 0.1) is 17.7 Å². The third kappa shape index (κ3) is 4.35. The van der Waals surface area contributed by atoms with Gasteiger partial charge >= 0.3 is 0 Å². The Morgan fingerprint density at radius 1 is 1.17 bits per heavy atom. The molecule has 1 amide bonds. The number of aliphatic imine (C=N–C) groups is 1.